The SMILES string of the molecule is CC(C)(C)c1cc2ccc3ccc4c5c(cc(c1)c2c35)-c1c-4c(-c2ccccc2)c2cc3ccccc3cc2c1-c1ccccc1. The molecule has 9 aromatic rings. The van der Waals surface area contributed by atoms with Crippen LogP contribution < -0.4 is 0 Å². The Kier molecular flexibility index (Phi) is 5.08. The maximum absolute atomic E-state index is 2.52. The fourth-order valence-electron chi connectivity index (χ4n) is 8.30. The van der Waals surface area contributed by atoms with Gasteiger partial charge in [0.1, 0.15) is 0 Å². The molecule has 0 amide bonds. The highest BCUT2D eigenvalue weighted by atomic mass is 14.3. The first-order chi connectivity index (χ1) is 22.5. The van der Waals surface area contributed by atoms with Crippen molar-refractivity contribution < 1.29 is 0 Å². The van der Waals surface area contributed by atoms with Crippen LogP contribution in [0, 0.1) is 0 Å². The second-order valence-electron chi connectivity index (χ2n) is 14.1. The van der Waals surface area contributed by atoms with Gasteiger partial charge in [-0.3, -0.25) is 0 Å². The molecule has 216 valence electrons. The topological polar surface area (TPSA) is 0 Å². The molecule has 0 atom stereocenters. The van der Waals surface area contributed by atoms with E-state index in [0.29, 0.717) is 0 Å². The smallest absolute Gasteiger partial charge is 0.000719 e. The molecule has 0 N–H and O–H groups in total. The first-order valence-corrected chi connectivity index (χ1v) is 16.4. The van der Waals surface area contributed by atoms with Crippen LogP contribution in [0.2, 0.25) is 0 Å². The number of fused-ring (bicyclic) bond motifs is 5. The summed E-state index contributed by atoms with van der Waals surface area (Å²) in [6, 6.07) is 52.6. The third-order valence-corrected chi connectivity index (χ3v) is 10.4. The minimum absolute atomic E-state index is 0.0563. The van der Waals surface area contributed by atoms with Gasteiger partial charge < -0.3 is 0 Å². The van der Waals surface area contributed by atoms with E-state index in [-0.39, 0.29) is 5.41 Å². The molecule has 1 aliphatic rings. The van der Waals surface area contributed by atoms with E-state index in [0.717, 1.165) is 0 Å². The molecule has 0 aliphatic heterocycles. The Balaban J connectivity index is 1.49. The Bertz CT molecular complexity index is 2690. The van der Waals surface area contributed by atoms with Gasteiger partial charge in [-0.1, -0.05) is 142 Å². The Morgan fingerprint density at radius 2 is 0.870 bits per heavy atom. The van der Waals surface area contributed by atoms with Crippen LogP contribution in [0.15, 0.2) is 140 Å². The lowest BCUT2D eigenvalue weighted by Crippen LogP contribution is -2.10. The summed E-state index contributed by atoms with van der Waals surface area (Å²) in [6.07, 6.45) is 0. The summed E-state index contributed by atoms with van der Waals surface area (Å²) in [5, 5.41) is 13.3. The lowest BCUT2D eigenvalue weighted by Gasteiger charge is -2.22. The molecule has 0 fully saturated rings. The predicted octanol–water partition coefficient (Wildman–Crippen LogP) is 13.2. The average molecular weight is 585 g/mol. The molecular weight excluding hydrogens is 553 g/mol. The van der Waals surface area contributed by atoms with Gasteiger partial charge in [-0.25, -0.2) is 0 Å². The standard InChI is InChI=1S/C46H32/c1-46(2,3)34-22-32-19-18-29-20-21-35-43-38(26-33(23-34)39(32)42(29)43)45-41(28-14-8-5-9-15-28)37-25-31-17-11-10-16-30(31)24-36(37)40(44(35)45)27-12-6-4-7-13-27/h4-26H,1-3H3. The Morgan fingerprint density at radius 1 is 0.348 bits per heavy atom. The third-order valence-electron chi connectivity index (χ3n) is 10.4. The van der Waals surface area contributed by atoms with Gasteiger partial charge in [-0.2, -0.15) is 0 Å². The van der Waals surface area contributed by atoms with Crippen molar-refractivity contribution in [2.75, 3.05) is 0 Å². The van der Waals surface area contributed by atoms with Crippen molar-refractivity contribution in [3.8, 4) is 44.5 Å². The first-order valence-electron chi connectivity index (χ1n) is 16.4. The fraction of sp³-hybridized carbons (Fsp3) is 0.0870. The van der Waals surface area contributed by atoms with Crippen molar-refractivity contribution in [1.29, 1.82) is 0 Å². The van der Waals surface area contributed by atoms with Gasteiger partial charge >= 0.3 is 0 Å². The van der Waals surface area contributed by atoms with Crippen LogP contribution in [-0.4, -0.2) is 0 Å². The Labute approximate surface area is 268 Å². The minimum Gasteiger partial charge on any atom is -0.0622 e. The lowest BCUT2D eigenvalue weighted by atomic mass is 9.81. The zero-order valence-corrected chi connectivity index (χ0v) is 26.3. The van der Waals surface area contributed by atoms with Crippen molar-refractivity contribution in [2.24, 2.45) is 0 Å². The highest BCUT2D eigenvalue weighted by molar-refractivity contribution is 6.36. The second-order valence-corrected chi connectivity index (χ2v) is 14.1. The fourth-order valence-corrected chi connectivity index (χ4v) is 8.30. The molecule has 10 rings (SSSR count). The second kappa shape index (κ2) is 9.05. The van der Waals surface area contributed by atoms with Crippen molar-refractivity contribution >= 4 is 53.9 Å². The van der Waals surface area contributed by atoms with E-state index in [9.17, 15) is 0 Å². The molecule has 0 saturated carbocycles. The van der Waals surface area contributed by atoms with Gasteiger partial charge in [-0.15, -0.1) is 0 Å². The summed E-state index contributed by atoms with van der Waals surface area (Å²) < 4.78 is 0. The Hall–Kier alpha value is -5.46. The molecule has 46 heavy (non-hydrogen) atoms. The number of rotatable bonds is 2. The molecule has 0 heterocycles. The molecule has 0 bridgehead atoms. The summed E-state index contributed by atoms with van der Waals surface area (Å²) in [5.74, 6) is 0. The number of benzene rings is 9. The molecule has 0 unspecified atom stereocenters. The zero-order chi connectivity index (χ0) is 30.7. The van der Waals surface area contributed by atoms with Crippen molar-refractivity contribution in [3.05, 3.63) is 145 Å². The van der Waals surface area contributed by atoms with Crippen LogP contribution in [0.1, 0.15) is 26.3 Å². The van der Waals surface area contributed by atoms with Crippen LogP contribution >= 0.6 is 0 Å². The quantitative estimate of drug-likeness (QED) is 0.140. The third kappa shape index (κ3) is 3.45. The number of hydrogen-bond acceptors (Lipinski definition) is 0. The van der Waals surface area contributed by atoms with Crippen LogP contribution in [-0.2, 0) is 5.41 Å². The van der Waals surface area contributed by atoms with Crippen molar-refractivity contribution in [1.82, 2.24) is 0 Å². The Morgan fingerprint density at radius 3 is 1.48 bits per heavy atom. The molecule has 0 spiro atoms. The minimum atomic E-state index is 0.0563. The van der Waals surface area contributed by atoms with E-state index in [4.69, 9.17) is 0 Å². The van der Waals surface area contributed by atoms with Gasteiger partial charge in [0.25, 0.3) is 0 Å². The molecule has 0 aromatic heterocycles. The molecule has 0 nitrogen and oxygen atoms in total. The van der Waals surface area contributed by atoms with Crippen LogP contribution in [0.25, 0.3) is 98.4 Å². The monoisotopic (exact) mass is 584 g/mol. The maximum Gasteiger partial charge on any atom is -0.000719 e. The summed E-state index contributed by atoms with van der Waals surface area (Å²) in [7, 11) is 0. The zero-order valence-electron chi connectivity index (χ0n) is 26.3. The van der Waals surface area contributed by atoms with E-state index in [1.165, 1.54) is 104 Å². The highest BCUT2D eigenvalue weighted by Gasteiger charge is 2.32. The average Bonchev–Trinajstić information content (AvgIpc) is 3.40. The summed E-state index contributed by atoms with van der Waals surface area (Å²) in [4.78, 5) is 0. The molecular formula is C46H32. The van der Waals surface area contributed by atoms with Crippen molar-refractivity contribution in [2.45, 2.75) is 26.2 Å². The summed E-state index contributed by atoms with van der Waals surface area (Å²) >= 11 is 0. The van der Waals surface area contributed by atoms with Crippen LogP contribution in [0.3, 0.4) is 0 Å². The predicted molar refractivity (Wildman–Crippen MR) is 199 cm³/mol. The first kappa shape index (κ1) is 25.8. The molecule has 9 aromatic carbocycles. The summed E-state index contributed by atoms with van der Waals surface area (Å²) in [6.45, 7) is 6.97. The van der Waals surface area contributed by atoms with E-state index >= 15 is 0 Å². The van der Waals surface area contributed by atoms with E-state index in [2.05, 4.69) is 160 Å². The largest absolute Gasteiger partial charge is 0.0622 e. The molecule has 0 heteroatoms. The maximum atomic E-state index is 2.52. The van der Waals surface area contributed by atoms with Gasteiger partial charge in [0.15, 0.2) is 0 Å². The highest BCUT2D eigenvalue weighted by Crippen LogP contribution is 2.60. The van der Waals surface area contributed by atoms with Gasteiger partial charge in [-0.05, 0) is 128 Å². The van der Waals surface area contributed by atoms with Gasteiger partial charge in [0.05, 0.1) is 0 Å². The molecule has 0 radical (unpaired) electrons. The van der Waals surface area contributed by atoms with Crippen molar-refractivity contribution in [3.63, 3.8) is 0 Å². The molecule has 0 saturated heterocycles. The van der Waals surface area contributed by atoms with Crippen LogP contribution in [0.5, 0.6) is 0 Å². The van der Waals surface area contributed by atoms with E-state index in [1.807, 2.05) is 0 Å². The normalized spacial score (nSPS) is 12.7. The van der Waals surface area contributed by atoms with Crippen LogP contribution in [0.4, 0.5) is 0 Å². The lowest BCUT2D eigenvalue weighted by molar-refractivity contribution is 0.591. The number of hydrogen-bond donors (Lipinski definition) is 0. The van der Waals surface area contributed by atoms with E-state index in [1.54, 1.807) is 0 Å². The van der Waals surface area contributed by atoms with Gasteiger partial charge in [0, 0.05) is 0 Å². The molecule has 1 aliphatic carbocycles. The van der Waals surface area contributed by atoms with E-state index < -0.39 is 0 Å². The van der Waals surface area contributed by atoms with Gasteiger partial charge in [0.2, 0.25) is 0 Å². The summed E-state index contributed by atoms with van der Waals surface area (Å²) in [5.41, 5.74) is 12.0.